The molecule has 1 atom stereocenters. The highest BCUT2D eigenvalue weighted by molar-refractivity contribution is 7.18. The van der Waals surface area contributed by atoms with Gasteiger partial charge in [-0.3, -0.25) is 14.9 Å². The van der Waals surface area contributed by atoms with Crippen molar-refractivity contribution in [3.63, 3.8) is 0 Å². The SMILES string of the molecule is O=C(c1ccc(Cl)c([N+](=O)[O-])c1)N1CCC[C@H](c2nc3ccccc3s2)C1. The third-order valence-electron chi connectivity index (χ3n) is 4.76. The number of hydrogen-bond donors (Lipinski definition) is 0. The van der Waals surface area contributed by atoms with Gasteiger partial charge in [0.25, 0.3) is 11.6 Å². The second-order valence-corrected chi connectivity index (χ2v) is 8.00. The molecular formula is C19H16ClN3O3S. The number of fused-ring (bicyclic) bond motifs is 1. The van der Waals surface area contributed by atoms with Crippen LogP contribution in [-0.4, -0.2) is 33.8 Å². The largest absolute Gasteiger partial charge is 0.338 e. The van der Waals surface area contributed by atoms with Gasteiger partial charge in [0.2, 0.25) is 0 Å². The number of nitrogens with zero attached hydrogens (tertiary/aromatic N) is 3. The van der Waals surface area contributed by atoms with Crippen molar-refractivity contribution in [2.24, 2.45) is 0 Å². The Hall–Kier alpha value is -2.51. The number of rotatable bonds is 3. The molecule has 0 radical (unpaired) electrons. The third kappa shape index (κ3) is 3.52. The van der Waals surface area contributed by atoms with Crippen molar-refractivity contribution in [1.29, 1.82) is 0 Å². The third-order valence-corrected chi connectivity index (χ3v) is 6.28. The van der Waals surface area contributed by atoms with Crippen LogP contribution in [0.1, 0.15) is 34.1 Å². The van der Waals surface area contributed by atoms with Crippen LogP contribution in [0, 0.1) is 10.1 Å². The van der Waals surface area contributed by atoms with E-state index in [4.69, 9.17) is 16.6 Å². The van der Waals surface area contributed by atoms with E-state index in [1.54, 1.807) is 22.3 Å². The van der Waals surface area contributed by atoms with Gasteiger partial charge < -0.3 is 4.90 Å². The Morgan fingerprint density at radius 1 is 1.30 bits per heavy atom. The number of likely N-dealkylation sites (tertiary alicyclic amines) is 1. The summed E-state index contributed by atoms with van der Waals surface area (Å²) in [5, 5.41) is 12.2. The fourth-order valence-corrected chi connectivity index (χ4v) is 4.68. The Labute approximate surface area is 164 Å². The van der Waals surface area contributed by atoms with E-state index in [1.807, 2.05) is 18.2 Å². The fourth-order valence-electron chi connectivity index (χ4n) is 3.40. The molecule has 2 heterocycles. The molecule has 8 heteroatoms. The Balaban J connectivity index is 1.56. The zero-order chi connectivity index (χ0) is 19.0. The number of hydrogen-bond acceptors (Lipinski definition) is 5. The predicted octanol–water partition coefficient (Wildman–Crippen LogP) is 4.88. The van der Waals surface area contributed by atoms with Crippen molar-refractivity contribution < 1.29 is 9.72 Å². The molecule has 1 saturated heterocycles. The monoisotopic (exact) mass is 401 g/mol. The number of nitro benzene ring substituents is 1. The summed E-state index contributed by atoms with van der Waals surface area (Å²) in [6, 6.07) is 12.2. The van der Waals surface area contributed by atoms with Gasteiger partial charge in [-0.2, -0.15) is 0 Å². The van der Waals surface area contributed by atoms with Crippen LogP contribution in [0.25, 0.3) is 10.2 Å². The van der Waals surface area contributed by atoms with E-state index in [1.165, 1.54) is 12.1 Å². The molecule has 27 heavy (non-hydrogen) atoms. The van der Waals surface area contributed by atoms with Crippen LogP contribution in [0.4, 0.5) is 5.69 Å². The molecule has 4 rings (SSSR count). The molecule has 1 aromatic heterocycles. The smallest absolute Gasteiger partial charge is 0.288 e. The summed E-state index contributed by atoms with van der Waals surface area (Å²) in [4.78, 5) is 29.9. The summed E-state index contributed by atoms with van der Waals surface area (Å²) >= 11 is 7.52. The molecule has 1 amide bonds. The van der Waals surface area contributed by atoms with E-state index < -0.39 is 4.92 Å². The molecule has 138 valence electrons. The summed E-state index contributed by atoms with van der Waals surface area (Å²) in [6.45, 7) is 1.20. The molecule has 0 unspecified atom stereocenters. The molecule has 1 aliphatic rings. The predicted molar refractivity (Wildman–Crippen MR) is 106 cm³/mol. The fraction of sp³-hybridized carbons (Fsp3) is 0.263. The average Bonchev–Trinajstić information content (AvgIpc) is 3.12. The van der Waals surface area contributed by atoms with Gasteiger partial charge in [-0.25, -0.2) is 4.98 Å². The first kappa shape index (κ1) is 17.9. The minimum Gasteiger partial charge on any atom is -0.338 e. The van der Waals surface area contributed by atoms with Crippen molar-refractivity contribution in [2.45, 2.75) is 18.8 Å². The standard InChI is InChI=1S/C19H16ClN3O3S/c20-14-8-7-12(10-16(14)23(25)26)19(24)22-9-3-4-13(11-22)18-21-15-5-1-2-6-17(15)27-18/h1-2,5-8,10,13H,3-4,9,11H2/t13-/m0/s1. The van der Waals surface area contributed by atoms with Crippen LogP contribution in [-0.2, 0) is 0 Å². The van der Waals surface area contributed by atoms with Crippen LogP contribution in [0.5, 0.6) is 0 Å². The maximum absolute atomic E-state index is 12.9. The number of halogens is 1. The lowest BCUT2D eigenvalue weighted by atomic mass is 9.98. The minimum atomic E-state index is -0.570. The second kappa shape index (κ2) is 7.25. The van der Waals surface area contributed by atoms with Crippen molar-refractivity contribution in [2.75, 3.05) is 13.1 Å². The number of piperidine rings is 1. The second-order valence-electron chi connectivity index (χ2n) is 6.53. The minimum absolute atomic E-state index is 0.0301. The van der Waals surface area contributed by atoms with Gasteiger partial charge in [0.15, 0.2) is 0 Å². The molecule has 3 aromatic rings. The number of nitro groups is 1. The highest BCUT2D eigenvalue weighted by atomic mass is 35.5. The van der Waals surface area contributed by atoms with Crippen molar-refractivity contribution in [1.82, 2.24) is 9.88 Å². The van der Waals surface area contributed by atoms with Crippen molar-refractivity contribution in [3.8, 4) is 0 Å². The molecule has 0 aliphatic carbocycles. The Bertz CT molecular complexity index is 1000. The van der Waals surface area contributed by atoms with E-state index in [9.17, 15) is 14.9 Å². The topological polar surface area (TPSA) is 76.3 Å². The summed E-state index contributed by atoms with van der Waals surface area (Å²) in [5.74, 6) is -0.0250. The lowest BCUT2D eigenvalue weighted by Crippen LogP contribution is -2.39. The average molecular weight is 402 g/mol. The van der Waals surface area contributed by atoms with E-state index in [-0.39, 0.29) is 28.1 Å². The number of carbonyl (C=O) groups excluding carboxylic acids is 1. The summed E-state index contributed by atoms with van der Waals surface area (Å²) in [6.07, 6.45) is 1.85. The Morgan fingerprint density at radius 3 is 2.89 bits per heavy atom. The zero-order valence-electron chi connectivity index (χ0n) is 14.3. The lowest BCUT2D eigenvalue weighted by molar-refractivity contribution is -0.384. The van der Waals surface area contributed by atoms with E-state index in [0.717, 1.165) is 28.1 Å². The normalized spacial score (nSPS) is 17.2. The first-order chi connectivity index (χ1) is 13.0. The van der Waals surface area contributed by atoms with Gasteiger partial charge in [0.1, 0.15) is 5.02 Å². The maximum atomic E-state index is 12.9. The summed E-state index contributed by atoms with van der Waals surface area (Å²) in [5.41, 5.74) is 1.02. The quantitative estimate of drug-likeness (QED) is 0.463. The number of thiazole rings is 1. The molecule has 0 N–H and O–H groups in total. The van der Waals surface area contributed by atoms with Crippen LogP contribution in [0.2, 0.25) is 5.02 Å². The number of amides is 1. The highest BCUT2D eigenvalue weighted by Crippen LogP contribution is 2.34. The van der Waals surface area contributed by atoms with Crippen LogP contribution in [0.15, 0.2) is 42.5 Å². The van der Waals surface area contributed by atoms with Gasteiger partial charge >= 0.3 is 0 Å². The molecular weight excluding hydrogens is 386 g/mol. The van der Waals surface area contributed by atoms with Crippen LogP contribution >= 0.6 is 22.9 Å². The van der Waals surface area contributed by atoms with Gasteiger partial charge in [0.05, 0.1) is 20.1 Å². The Morgan fingerprint density at radius 2 is 2.11 bits per heavy atom. The van der Waals surface area contributed by atoms with Gasteiger partial charge in [0, 0.05) is 30.6 Å². The van der Waals surface area contributed by atoms with Crippen molar-refractivity contribution in [3.05, 3.63) is 68.2 Å². The van der Waals surface area contributed by atoms with Gasteiger partial charge in [-0.15, -0.1) is 11.3 Å². The molecule has 1 aliphatic heterocycles. The zero-order valence-corrected chi connectivity index (χ0v) is 15.9. The lowest BCUT2D eigenvalue weighted by Gasteiger charge is -2.31. The maximum Gasteiger partial charge on any atom is 0.288 e. The van der Waals surface area contributed by atoms with Crippen LogP contribution < -0.4 is 0 Å². The summed E-state index contributed by atoms with van der Waals surface area (Å²) < 4.78 is 1.14. The van der Waals surface area contributed by atoms with Gasteiger partial charge in [-0.05, 0) is 37.1 Å². The first-order valence-corrected chi connectivity index (χ1v) is 9.81. The first-order valence-electron chi connectivity index (χ1n) is 8.61. The van der Waals surface area contributed by atoms with E-state index in [2.05, 4.69) is 6.07 Å². The van der Waals surface area contributed by atoms with E-state index >= 15 is 0 Å². The number of benzene rings is 2. The van der Waals surface area contributed by atoms with E-state index in [0.29, 0.717) is 13.1 Å². The molecule has 2 aromatic carbocycles. The number of para-hydroxylation sites is 1. The summed E-state index contributed by atoms with van der Waals surface area (Å²) in [7, 11) is 0. The molecule has 1 fully saturated rings. The molecule has 0 saturated carbocycles. The molecule has 0 spiro atoms. The number of aromatic nitrogens is 1. The van der Waals surface area contributed by atoms with Gasteiger partial charge in [-0.1, -0.05) is 23.7 Å². The number of carbonyl (C=O) groups is 1. The Kier molecular flexibility index (Phi) is 4.80. The molecule has 0 bridgehead atoms. The highest BCUT2D eigenvalue weighted by Gasteiger charge is 2.28. The van der Waals surface area contributed by atoms with Crippen LogP contribution in [0.3, 0.4) is 0 Å². The van der Waals surface area contributed by atoms with Crippen molar-refractivity contribution >= 4 is 44.7 Å². The molecule has 6 nitrogen and oxygen atoms in total.